The fraction of sp³-hybridized carbons (Fsp3) is 0.263. The Bertz CT molecular complexity index is 740. The van der Waals surface area contributed by atoms with Gasteiger partial charge >= 0.3 is 0 Å². The first-order valence-corrected chi connectivity index (χ1v) is 7.59. The number of benzene rings is 2. The Kier molecular flexibility index (Phi) is 4.20. The van der Waals surface area contributed by atoms with Crippen molar-refractivity contribution in [1.29, 1.82) is 5.26 Å². The average Bonchev–Trinajstić information content (AvgIpc) is 2.54. The molecule has 0 spiro atoms. The molecule has 1 heterocycles. The summed E-state index contributed by atoms with van der Waals surface area (Å²) < 4.78 is 0. The van der Waals surface area contributed by atoms with Crippen LogP contribution in [0.4, 0.5) is 0 Å². The van der Waals surface area contributed by atoms with Gasteiger partial charge in [0, 0.05) is 19.5 Å². The van der Waals surface area contributed by atoms with Crippen LogP contribution in [0.5, 0.6) is 0 Å². The zero-order valence-corrected chi connectivity index (χ0v) is 12.8. The minimum Gasteiger partial charge on any atom is -0.354 e. The molecule has 1 aliphatic heterocycles. The second-order valence-corrected chi connectivity index (χ2v) is 5.73. The molecule has 0 aromatic heterocycles. The normalized spacial score (nSPS) is 14.4. The minimum absolute atomic E-state index is 0.706. The molecule has 0 aliphatic carbocycles. The van der Waals surface area contributed by atoms with Crippen LogP contribution in [0.3, 0.4) is 0 Å². The first-order valence-electron chi connectivity index (χ1n) is 7.59. The van der Waals surface area contributed by atoms with Crippen molar-refractivity contribution in [3.05, 3.63) is 70.8 Å². The molecule has 22 heavy (non-hydrogen) atoms. The first-order chi connectivity index (χ1) is 10.8. The van der Waals surface area contributed by atoms with E-state index in [1.165, 1.54) is 22.3 Å². The molecule has 1 aliphatic rings. The maximum atomic E-state index is 9.03. The molecule has 3 rings (SSSR count). The Morgan fingerprint density at radius 1 is 1.18 bits per heavy atom. The van der Waals surface area contributed by atoms with Crippen molar-refractivity contribution in [3.8, 4) is 6.19 Å². The lowest BCUT2D eigenvalue weighted by molar-refractivity contribution is 0.388. The lowest BCUT2D eigenvalue weighted by Crippen LogP contribution is -2.37. The lowest BCUT2D eigenvalue weighted by atomic mass is 9.99. The third kappa shape index (κ3) is 3.17. The highest BCUT2D eigenvalue weighted by molar-refractivity contribution is 5.85. The number of amidine groups is 1. The van der Waals surface area contributed by atoms with Gasteiger partial charge in [-0.2, -0.15) is 10.3 Å². The Hall–Kier alpha value is -2.60. The van der Waals surface area contributed by atoms with E-state index in [2.05, 4.69) is 65.3 Å². The predicted molar refractivity (Wildman–Crippen MR) is 88.5 cm³/mol. The van der Waals surface area contributed by atoms with Gasteiger partial charge < -0.3 is 4.90 Å². The third-order valence-corrected chi connectivity index (χ3v) is 4.12. The quantitative estimate of drug-likeness (QED) is 0.482. The molecule has 3 heteroatoms. The van der Waals surface area contributed by atoms with Crippen molar-refractivity contribution in [3.63, 3.8) is 0 Å². The van der Waals surface area contributed by atoms with Gasteiger partial charge in [-0.15, -0.1) is 0 Å². The number of aryl methyl sites for hydroxylation is 1. The summed E-state index contributed by atoms with van der Waals surface area (Å²) in [6.07, 6.45) is 3.68. The molecule has 0 N–H and O–H groups in total. The summed E-state index contributed by atoms with van der Waals surface area (Å²) in [5, 5.41) is 9.03. The Balaban J connectivity index is 1.81. The van der Waals surface area contributed by atoms with Crippen LogP contribution in [0.2, 0.25) is 0 Å². The van der Waals surface area contributed by atoms with Gasteiger partial charge in [0.05, 0.1) is 0 Å². The van der Waals surface area contributed by atoms with Gasteiger partial charge in [-0.05, 0) is 30.0 Å². The number of hydrogen-bond acceptors (Lipinski definition) is 2. The molecule has 0 unspecified atom stereocenters. The van der Waals surface area contributed by atoms with E-state index in [0.29, 0.717) is 6.42 Å². The van der Waals surface area contributed by atoms with Crippen molar-refractivity contribution in [1.82, 2.24) is 4.90 Å². The third-order valence-electron chi connectivity index (χ3n) is 4.12. The van der Waals surface area contributed by atoms with Gasteiger partial charge in [-0.1, -0.05) is 54.1 Å². The average molecular weight is 289 g/mol. The van der Waals surface area contributed by atoms with Gasteiger partial charge in [-0.3, -0.25) is 0 Å². The monoisotopic (exact) mass is 289 g/mol. The molecule has 3 nitrogen and oxygen atoms in total. The Labute approximate surface area is 131 Å². The summed E-state index contributed by atoms with van der Waals surface area (Å²) in [7, 11) is 0. The predicted octanol–water partition coefficient (Wildman–Crippen LogP) is 3.48. The summed E-state index contributed by atoms with van der Waals surface area (Å²) in [6.45, 7) is 3.84. The fourth-order valence-corrected chi connectivity index (χ4v) is 3.00. The summed E-state index contributed by atoms with van der Waals surface area (Å²) in [5.41, 5.74) is 5.18. The van der Waals surface area contributed by atoms with Gasteiger partial charge in [-0.25, -0.2) is 0 Å². The molecular weight excluding hydrogens is 270 g/mol. The first kappa shape index (κ1) is 14.3. The van der Waals surface area contributed by atoms with Crippen LogP contribution in [0.15, 0.2) is 53.5 Å². The summed E-state index contributed by atoms with van der Waals surface area (Å²) >= 11 is 0. The van der Waals surface area contributed by atoms with Gasteiger partial charge in [0.2, 0.25) is 6.19 Å². The van der Waals surface area contributed by atoms with Crippen molar-refractivity contribution in [2.45, 2.75) is 26.3 Å². The van der Waals surface area contributed by atoms with E-state index in [1.54, 1.807) is 0 Å². The fourth-order valence-electron chi connectivity index (χ4n) is 3.00. The van der Waals surface area contributed by atoms with E-state index < -0.39 is 0 Å². The largest absolute Gasteiger partial charge is 0.354 e. The van der Waals surface area contributed by atoms with Crippen LogP contribution < -0.4 is 0 Å². The van der Waals surface area contributed by atoms with Crippen LogP contribution in [-0.4, -0.2) is 17.3 Å². The SMILES string of the molecule is Cc1cccc(CC(=NC#N)N2CCc3ccccc3C2)c1. The molecule has 0 saturated carbocycles. The standard InChI is InChI=1S/C19H19N3/c1-15-5-4-6-16(11-15)12-19(21-14-20)22-10-9-17-7-2-3-8-18(17)13-22/h2-8,11H,9-10,12-13H2,1H3. The van der Waals surface area contributed by atoms with Gasteiger partial charge in [0.1, 0.15) is 5.84 Å². The Morgan fingerprint density at radius 3 is 2.77 bits per heavy atom. The van der Waals surface area contributed by atoms with Gasteiger partial charge in [0.25, 0.3) is 0 Å². The maximum absolute atomic E-state index is 9.03. The van der Waals surface area contributed by atoms with Crippen LogP contribution in [-0.2, 0) is 19.4 Å². The topological polar surface area (TPSA) is 39.4 Å². The molecule has 0 atom stereocenters. The number of nitrogens with zero attached hydrogens (tertiary/aromatic N) is 3. The van der Waals surface area contributed by atoms with Crippen molar-refractivity contribution < 1.29 is 0 Å². The smallest absolute Gasteiger partial charge is 0.207 e. The van der Waals surface area contributed by atoms with E-state index in [9.17, 15) is 0 Å². The van der Waals surface area contributed by atoms with Crippen molar-refractivity contribution in [2.24, 2.45) is 4.99 Å². The van der Waals surface area contributed by atoms with Crippen molar-refractivity contribution >= 4 is 5.84 Å². The number of hydrogen-bond donors (Lipinski definition) is 0. The molecule has 0 fully saturated rings. The molecule has 2 aromatic rings. The highest BCUT2D eigenvalue weighted by Gasteiger charge is 2.19. The second kappa shape index (κ2) is 6.44. The second-order valence-electron chi connectivity index (χ2n) is 5.73. The summed E-state index contributed by atoms with van der Waals surface area (Å²) in [4.78, 5) is 6.32. The minimum atomic E-state index is 0.706. The Morgan fingerprint density at radius 2 is 2.00 bits per heavy atom. The van der Waals surface area contributed by atoms with E-state index in [-0.39, 0.29) is 0 Å². The summed E-state index contributed by atoms with van der Waals surface area (Å²) in [5.74, 6) is 0.864. The molecule has 0 saturated heterocycles. The molecule has 0 bridgehead atoms. The molecule has 110 valence electrons. The van der Waals surface area contributed by atoms with E-state index in [4.69, 9.17) is 5.26 Å². The number of aliphatic imine (C=N–C) groups is 1. The van der Waals surface area contributed by atoms with Crippen LogP contribution in [0, 0.1) is 18.4 Å². The van der Waals surface area contributed by atoms with Crippen molar-refractivity contribution in [2.75, 3.05) is 6.54 Å². The van der Waals surface area contributed by atoms with Crippen LogP contribution >= 0.6 is 0 Å². The van der Waals surface area contributed by atoms with E-state index in [1.807, 2.05) is 6.19 Å². The molecule has 0 radical (unpaired) electrons. The number of nitriles is 1. The molecule has 2 aromatic carbocycles. The summed E-state index contributed by atoms with van der Waals surface area (Å²) in [6, 6.07) is 16.9. The van der Waals surface area contributed by atoms with Crippen LogP contribution in [0.25, 0.3) is 0 Å². The number of fused-ring (bicyclic) bond motifs is 1. The molecule has 0 amide bonds. The van der Waals surface area contributed by atoms with E-state index >= 15 is 0 Å². The zero-order chi connectivity index (χ0) is 15.4. The number of rotatable bonds is 2. The zero-order valence-electron chi connectivity index (χ0n) is 12.8. The van der Waals surface area contributed by atoms with Crippen LogP contribution in [0.1, 0.15) is 22.3 Å². The highest BCUT2D eigenvalue weighted by atomic mass is 15.2. The lowest BCUT2D eigenvalue weighted by Gasteiger charge is -2.31. The van der Waals surface area contributed by atoms with Gasteiger partial charge in [0.15, 0.2) is 0 Å². The maximum Gasteiger partial charge on any atom is 0.207 e. The van der Waals surface area contributed by atoms with E-state index in [0.717, 1.165) is 25.3 Å². The molecular formula is C19H19N3. The highest BCUT2D eigenvalue weighted by Crippen LogP contribution is 2.20.